The number of aliphatic hydroxyl groups is 1. The van der Waals surface area contributed by atoms with E-state index < -0.39 is 29.3 Å². The molecule has 0 radical (unpaired) electrons. The van der Waals surface area contributed by atoms with E-state index in [0.29, 0.717) is 11.1 Å². The summed E-state index contributed by atoms with van der Waals surface area (Å²) in [6.45, 7) is -0.0978. The van der Waals surface area contributed by atoms with Crippen LogP contribution >= 0.6 is 11.6 Å². The third-order valence-electron chi connectivity index (χ3n) is 4.12. The van der Waals surface area contributed by atoms with Crippen LogP contribution in [0, 0.1) is 11.3 Å². The number of fused-ring (bicyclic) bond motifs is 1. The highest BCUT2D eigenvalue weighted by atomic mass is 35.5. The molecular weight excluding hydrogens is 395 g/mol. The predicted molar refractivity (Wildman–Crippen MR) is 97.7 cm³/mol. The zero-order valence-electron chi connectivity index (χ0n) is 14.2. The highest BCUT2D eigenvalue weighted by Gasteiger charge is 2.34. The Morgan fingerprint density at radius 1 is 1.25 bits per heavy atom. The lowest BCUT2D eigenvalue weighted by Gasteiger charge is -2.15. The van der Waals surface area contributed by atoms with Crippen LogP contribution in [0.15, 0.2) is 48.7 Å². The molecule has 1 heterocycles. The average molecular weight is 408 g/mol. The van der Waals surface area contributed by atoms with Gasteiger partial charge in [-0.15, -0.1) is 0 Å². The molecule has 0 aliphatic carbocycles. The van der Waals surface area contributed by atoms with E-state index in [4.69, 9.17) is 16.9 Å². The molecule has 2 N–H and O–H groups in total. The SMILES string of the molecule is N#Cc1ccc(NC(=O)[C@@H](O)Cn2ccc3cc(Cl)ccc32)cc1C(F)(F)F. The fourth-order valence-electron chi connectivity index (χ4n) is 2.78. The molecule has 0 saturated carbocycles. The van der Waals surface area contributed by atoms with E-state index in [0.717, 1.165) is 17.0 Å². The maximum Gasteiger partial charge on any atom is 0.417 e. The first-order valence-electron chi connectivity index (χ1n) is 8.03. The van der Waals surface area contributed by atoms with Gasteiger partial charge in [0, 0.05) is 27.8 Å². The molecule has 9 heteroatoms. The first-order chi connectivity index (χ1) is 13.2. The first-order valence-corrected chi connectivity index (χ1v) is 8.41. The van der Waals surface area contributed by atoms with Crippen molar-refractivity contribution < 1.29 is 23.1 Å². The van der Waals surface area contributed by atoms with Gasteiger partial charge in [-0.05, 0) is 42.5 Å². The van der Waals surface area contributed by atoms with E-state index in [1.807, 2.05) is 0 Å². The van der Waals surface area contributed by atoms with Crippen molar-refractivity contribution in [2.75, 3.05) is 5.32 Å². The van der Waals surface area contributed by atoms with Crippen LogP contribution in [0.4, 0.5) is 18.9 Å². The number of carbonyl (C=O) groups is 1. The van der Waals surface area contributed by atoms with Crippen LogP contribution in [0.25, 0.3) is 10.9 Å². The summed E-state index contributed by atoms with van der Waals surface area (Å²) in [7, 11) is 0. The fraction of sp³-hybridized carbons (Fsp3) is 0.158. The van der Waals surface area contributed by atoms with Gasteiger partial charge in [-0.3, -0.25) is 4.79 Å². The maximum absolute atomic E-state index is 13.0. The third kappa shape index (κ3) is 4.11. The monoisotopic (exact) mass is 407 g/mol. The number of aliphatic hydroxyl groups excluding tert-OH is 1. The number of nitriles is 1. The molecule has 0 bridgehead atoms. The minimum absolute atomic E-state index is 0.0978. The Morgan fingerprint density at radius 3 is 2.68 bits per heavy atom. The molecule has 0 fully saturated rings. The number of benzene rings is 2. The molecule has 0 saturated heterocycles. The quantitative estimate of drug-likeness (QED) is 0.681. The third-order valence-corrected chi connectivity index (χ3v) is 4.35. The predicted octanol–water partition coefficient (Wildman–Crippen LogP) is 4.18. The molecule has 1 atom stereocenters. The number of alkyl halides is 3. The summed E-state index contributed by atoms with van der Waals surface area (Å²) in [5, 5.41) is 22.6. The van der Waals surface area contributed by atoms with Crippen LogP contribution < -0.4 is 5.32 Å². The lowest BCUT2D eigenvalue weighted by Crippen LogP contribution is -2.31. The van der Waals surface area contributed by atoms with Crippen molar-refractivity contribution in [2.24, 2.45) is 0 Å². The summed E-state index contributed by atoms with van der Waals surface area (Å²) in [5.41, 5.74) is -1.13. The second-order valence-electron chi connectivity index (χ2n) is 6.05. The van der Waals surface area contributed by atoms with Crippen LogP contribution in [0.2, 0.25) is 5.02 Å². The summed E-state index contributed by atoms with van der Waals surface area (Å²) in [6, 6.07) is 11.2. The van der Waals surface area contributed by atoms with Crippen LogP contribution in [-0.4, -0.2) is 21.7 Å². The number of aromatic nitrogens is 1. The van der Waals surface area contributed by atoms with Gasteiger partial charge in [-0.2, -0.15) is 18.4 Å². The number of hydrogen-bond donors (Lipinski definition) is 2. The molecule has 5 nitrogen and oxygen atoms in total. The Bertz CT molecular complexity index is 1090. The smallest absolute Gasteiger partial charge is 0.381 e. The molecule has 144 valence electrons. The number of anilines is 1. The van der Waals surface area contributed by atoms with Gasteiger partial charge in [0.25, 0.3) is 5.91 Å². The summed E-state index contributed by atoms with van der Waals surface area (Å²) >= 11 is 5.92. The minimum Gasteiger partial charge on any atom is -0.381 e. The Hall–Kier alpha value is -3.02. The Morgan fingerprint density at radius 2 is 2.00 bits per heavy atom. The second-order valence-corrected chi connectivity index (χ2v) is 6.48. The van der Waals surface area contributed by atoms with Gasteiger partial charge in [0.15, 0.2) is 6.10 Å². The van der Waals surface area contributed by atoms with Crippen molar-refractivity contribution in [2.45, 2.75) is 18.8 Å². The van der Waals surface area contributed by atoms with Gasteiger partial charge >= 0.3 is 6.18 Å². The lowest BCUT2D eigenvalue weighted by molar-refractivity contribution is -0.137. The van der Waals surface area contributed by atoms with Gasteiger partial charge in [0.05, 0.1) is 23.7 Å². The number of carbonyl (C=O) groups excluding carboxylic acids is 1. The molecule has 0 unspecified atom stereocenters. The minimum atomic E-state index is -4.74. The standard InChI is InChI=1S/C19H13ClF3N3O2/c20-13-2-4-16-11(7-13)5-6-26(16)10-17(27)18(28)25-14-3-1-12(9-24)15(8-14)19(21,22)23/h1-8,17,27H,10H2,(H,25,28)/t17-/m0/s1. The van der Waals surface area contributed by atoms with Gasteiger partial charge in [0.2, 0.25) is 0 Å². The molecule has 0 aliphatic heterocycles. The molecule has 1 aromatic heterocycles. The Labute approximate surface area is 162 Å². The largest absolute Gasteiger partial charge is 0.417 e. The van der Waals surface area contributed by atoms with Crippen molar-refractivity contribution in [1.29, 1.82) is 5.26 Å². The van der Waals surface area contributed by atoms with Crippen LogP contribution in [0.1, 0.15) is 11.1 Å². The molecule has 0 aliphatic rings. The van der Waals surface area contributed by atoms with Gasteiger partial charge < -0.3 is 15.0 Å². The molecule has 1 amide bonds. The van der Waals surface area contributed by atoms with Crippen molar-refractivity contribution in [3.05, 3.63) is 64.8 Å². The van der Waals surface area contributed by atoms with E-state index >= 15 is 0 Å². The lowest BCUT2D eigenvalue weighted by atomic mass is 10.1. The van der Waals surface area contributed by atoms with E-state index in [1.54, 1.807) is 35.0 Å². The zero-order chi connectivity index (χ0) is 20.5. The van der Waals surface area contributed by atoms with E-state index in [-0.39, 0.29) is 12.2 Å². The summed E-state index contributed by atoms with van der Waals surface area (Å²) in [4.78, 5) is 12.2. The molecule has 3 rings (SSSR count). The Kier molecular flexibility index (Phi) is 5.31. The van der Waals surface area contributed by atoms with Crippen molar-refractivity contribution in [1.82, 2.24) is 4.57 Å². The summed E-state index contributed by atoms with van der Waals surface area (Å²) in [5.74, 6) is -0.867. The van der Waals surface area contributed by atoms with Gasteiger partial charge in [-0.25, -0.2) is 0 Å². The van der Waals surface area contributed by atoms with Crippen molar-refractivity contribution >= 4 is 34.1 Å². The zero-order valence-corrected chi connectivity index (χ0v) is 14.9. The van der Waals surface area contributed by atoms with Crippen LogP contribution in [-0.2, 0) is 17.5 Å². The van der Waals surface area contributed by atoms with Crippen molar-refractivity contribution in [3.63, 3.8) is 0 Å². The average Bonchev–Trinajstić information content (AvgIpc) is 3.02. The normalized spacial score (nSPS) is 12.6. The highest BCUT2D eigenvalue weighted by molar-refractivity contribution is 6.31. The number of halogens is 4. The number of rotatable bonds is 4. The molecule has 28 heavy (non-hydrogen) atoms. The number of nitrogens with zero attached hydrogens (tertiary/aromatic N) is 2. The topological polar surface area (TPSA) is 78.1 Å². The molecule has 3 aromatic rings. The molecule has 2 aromatic carbocycles. The summed E-state index contributed by atoms with van der Waals surface area (Å²) < 4.78 is 40.7. The first kappa shape index (κ1) is 19.7. The maximum atomic E-state index is 13.0. The van der Waals surface area contributed by atoms with E-state index in [1.165, 1.54) is 12.1 Å². The number of amides is 1. The second kappa shape index (κ2) is 7.54. The molecule has 0 spiro atoms. The number of hydrogen-bond acceptors (Lipinski definition) is 3. The highest BCUT2D eigenvalue weighted by Crippen LogP contribution is 2.33. The molecular formula is C19H13ClF3N3O2. The fourth-order valence-corrected chi connectivity index (χ4v) is 2.96. The van der Waals surface area contributed by atoms with Crippen molar-refractivity contribution in [3.8, 4) is 6.07 Å². The van der Waals surface area contributed by atoms with E-state index in [9.17, 15) is 23.1 Å². The number of nitrogens with one attached hydrogen (secondary N) is 1. The van der Waals surface area contributed by atoms with Gasteiger partial charge in [-0.1, -0.05) is 11.6 Å². The van der Waals surface area contributed by atoms with E-state index in [2.05, 4.69) is 5.32 Å². The Balaban J connectivity index is 1.76. The summed E-state index contributed by atoms with van der Waals surface area (Å²) in [6.07, 6.45) is -4.58. The van der Waals surface area contributed by atoms with Crippen LogP contribution in [0.5, 0.6) is 0 Å². The van der Waals surface area contributed by atoms with Crippen LogP contribution in [0.3, 0.4) is 0 Å². The van der Waals surface area contributed by atoms with Gasteiger partial charge in [0.1, 0.15) is 0 Å².